The summed E-state index contributed by atoms with van der Waals surface area (Å²) < 4.78 is 1.83. The van der Waals surface area contributed by atoms with Crippen molar-refractivity contribution in [3.8, 4) is 5.69 Å². The largest absolute Gasteiger partial charge is 0.319 e. The zero-order valence-corrected chi connectivity index (χ0v) is 17.8. The molecule has 29 heavy (non-hydrogen) atoms. The van der Waals surface area contributed by atoms with Gasteiger partial charge in [0.25, 0.3) is 5.91 Å². The van der Waals surface area contributed by atoms with E-state index in [1.807, 2.05) is 50.6 Å². The number of hydrogen-bond donors (Lipinski definition) is 1. The van der Waals surface area contributed by atoms with Gasteiger partial charge in [0, 0.05) is 16.4 Å². The van der Waals surface area contributed by atoms with Gasteiger partial charge in [0.05, 0.1) is 41.2 Å². The van der Waals surface area contributed by atoms with Crippen LogP contribution in [0.2, 0.25) is 5.02 Å². The number of carbonyl (C=O) groups is 1. The summed E-state index contributed by atoms with van der Waals surface area (Å²) in [6.07, 6.45) is 7.02. The summed E-state index contributed by atoms with van der Waals surface area (Å²) in [6.45, 7) is 8.11. The number of hydrogen-bond acceptors (Lipinski definition) is 4. The third kappa shape index (κ3) is 4.03. The average Bonchev–Trinajstić information content (AvgIpc) is 3.41. The van der Waals surface area contributed by atoms with Crippen molar-refractivity contribution in [2.45, 2.75) is 51.9 Å². The van der Waals surface area contributed by atoms with Crippen LogP contribution in [0.15, 0.2) is 36.8 Å². The quantitative estimate of drug-likeness (QED) is 0.654. The maximum absolute atomic E-state index is 13.0. The van der Waals surface area contributed by atoms with Crippen molar-refractivity contribution in [3.05, 3.63) is 64.5 Å². The van der Waals surface area contributed by atoms with E-state index in [-0.39, 0.29) is 11.3 Å². The molecule has 1 N–H and O–H groups in total. The predicted molar refractivity (Wildman–Crippen MR) is 114 cm³/mol. The zero-order chi connectivity index (χ0) is 20.8. The van der Waals surface area contributed by atoms with Crippen molar-refractivity contribution in [1.82, 2.24) is 19.7 Å². The van der Waals surface area contributed by atoms with Gasteiger partial charge in [0.15, 0.2) is 0 Å². The highest BCUT2D eigenvalue weighted by Gasteiger charge is 2.33. The van der Waals surface area contributed by atoms with Crippen LogP contribution in [0, 0.1) is 6.92 Å². The van der Waals surface area contributed by atoms with E-state index in [4.69, 9.17) is 11.6 Å². The van der Waals surface area contributed by atoms with E-state index in [1.165, 1.54) is 0 Å². The Morgan fingerprint density at radius 3 is 2.45 bits per heavy atom. The summed E-state index contributed by atoms with van der Waals surface area (Å²) >= 11 is 6.30. The highest BCUT2D eigenvalue weighted by Crippen LogP contribution is 2.42. The SMILES string of the molecule is Cc1ccc(-n2ncc(C(=O)Nc3cnc(C(C)(C)C)nc3)c2C2CC2)cc1Cl. The van der Waals surface area contributed by atoms with Crippen molar-refractivity contribution < 1.29 is 4.79 Å². The first-order valence-corrected chi connectivity index (χ1v) is 10.1. The van der Waals surface area contributed by atoms with Crippen LogP contribution in [-0.4, -0.2) is 25.7 Å². The molecule has 0 atom stereocenters. The molecule has 150 valence electrons. The molecule has 7 heteroatoms. The molecule has 1 fully saturated rings. The van der Waals surface area contributed by atoms with Gasteiger partial charge in [-0.15, -0.1) is 0 Å². The normalized spacial score (nSPS) is 14.1. The number of carbonyl (C=O) groups excluding carboxylic acids is 1. The lowest BCUT2D eigenvalue weighted by Gasteiger charge is -2.16. The molecule has 2 aromatic heterocycles. The molecule has 0 bridgehead atoms. The van der Waals surface area contributed by atoms with Gasteiger partial charge >= 0.3 is 0 Å². The van der Waals surface area contributed by atoms with Crippen molar-refractivity contribution in [3.63, 3.8) is 0 Å². The summed E-state index contributed by atoms with van der Waals surface area (Å²) in [5.41, 5.74) is 3.79. The number of benzene rings is 1. The maximum atomic E-state index is 13.0. The van der Waals surface area contributed by atoms with Crippen LogP contribution < -0.4 is 5.32 Å². The first kappa shape index (κ1) is 19.6. The van der Waals surface area contributed by atoms with Gasteiger partial charge in [-0.2, -0.15) is 5.10 Å². The second-order valence-electron chi connectivity index (χ2n) is 8.56. The summed E-state index contributed by atoms with van der Waals surface area (Å²) in [6, 6.07) is 5.82. The number of anilines is 1. The Kier molecular flexibility index (Phi) is 4.90. The Bertz CT molecular complexity index is 1060. The van der Waals surface area contributed by atoms with Gasteiger partial charge in [0.1, 0.15) is 5.82 Å². The smallest absolute Gasteiger partial charge is 0.259 e. The molecule has 0 spiro atoms. The van der Waals surface area contributed by atoms with Crippen molar-refractivity contribution in [2.24, 2.45) is 0 Å². The maximum Gasteiger partial charge on any atom is 0.259 e. The van der Waals surface area contributed by atoms with E-state index in [1.54, 1.807) is 18.6 Å². The minimum atomic E-state index is -0.205. The number of nitrogens with zero attached hydrogens (tertiary/aromatic N) is 4. The van der Waals surface area contributed by atoms with E-state index in [2.05, 4.69) is 20.4 Å². The van der Waals surface area contributed by atoms with Crippen LogP contribution >= 0.6 is 11.6 Å². The number of aromatic nitrogens is 4. The highest BCUT2D eigenvalue weighted by molar-refractivity contribution is 6.31. The Morgan fingerprint density at radius 2 is 1.86 bits per heavy atom. The molecule has 1 aliphatic carbocycles. The van der Waals surface area contributed by atoms with E-state index < -0.39 is 0 Å². The van der Waals surface area contributed by atoms with Gasteiger partial charge in [-0.25, -0.2) is 14.6 Å². The van der Waals surface area contributed by atoms with E-state index in [0.717, 1.165) is 35.6 Å². The number of amides is 1. The molecular weight excluding hydrogens is 386 g/mol. The Morgan fingerprint density at radius 1 is 1.17 bits per heavy atom. The number of rotatable bonds is 4. The fourth-order valence-corrected chi connectivity index (χ4v) is 3.35. The Hall–Kier alpha value is -2.73. The van der Waals surface area contributed by atoms with E-state index in [0.29, 0.717) is 22.2 Å². The van der Waals surface area contributed by atoms with Gasteiger partial charge in [-0.3, -0.25) is 4.79 Å². The van der Waals surface area contributed by atoms with E-state index >= 15 is 0 Å². The molecule has 0 saturated heterocycles. The predicted octanol–water partition coefficient (Wildman–Crippen LogP) is 5.05. The van der Waals surface area contributed by atoms with Gasteiger partial charge in [-0.1, -0.05) is 38.4 Å². The first-order valence-electron chi connectivity index (χ1n) is 9.72. The van der Waals surface area contributed by atoms with Crippen LogP contribution in [0.25, 0.3) is 5.69 Å². The van der Waals surface area contributed by atoms with Crippen LogP contribution in [0.4, 0.5) is 5.69 Å². The average molecular weight is 410 g/mol. The van der Waals surface area contributed by atoms with Crippen molar-refractivity contribution in [2.75, 3.05) is 5.32 Å². The molecule has 0 aliphatic heterocycles. The monoisotopic (exact) mass is 409 g/mol. The third-order valence-electron chi connectivity index (χ3n) is 5.00. The lowest BCUT2D eigenvalue weighted by atomic mass is 9.96. The second kappa shape index (κ2) is 7.26. The van der Waals surface area contributed by atoms with Gasteiger partial charge in [-0.05, 0) is 37.5 Å². The molecule has 1 amide bonds. The minimum absolute atomic E-state index is 0.141. The second-order valence-corrected chi connectivity index (χ2v) is 8.97. The van der Waals surface area contributed by atoms with Crippen LogP contribution in [0.1, 0.15) is 67.0 Å². The molecule has 3 aromatic rings. The molecule has 4 rings (SSSR count). The molecule has 1 aromatic carbocycles. The van der Waals surface area contributed by atoms with Gasteiger partial charge in [0.2, 0.25) is 0 Å². The Balaban J connectivity index is 1.62. The minimum Gasteiger partial charge on any atom is -0.319 e. The molecule has 0 radical (unpaired) electrons. The summed E-state index contributed by atoms with van der Waals surface area (Å²) in [5.74, 6) is 0.861. The lowest BCUT2D eigenvalue weighted by molar-refractivity contribution is 0.102. The van der Waals surface area contributed by atoms with Crippen LogP contribution in [0.5, 0.6) is 0 Å². The summed E-state index contributed by atoms with van der Waals surface area (Å²) in [5, 5.41) is 8.08. The molecule has 1 saturated carbocycles. The topological polar surface area (TPSA) is 72.7 Å². The molecule has 0 unspecified atom stereocenters. The fourth-order valence-electron chi connectivity index (χ4n) is 3.18. The number of halogens is 1. The highest BCUT2D eigenvalue weighted by atomic mass is 35.5. The first-order chi connectivity index (χ1) is 13.7. The number of nitrogens with one attached hydrogen (secondary N) is 1. The molecule has 6 nitrogen and oxygen atoms in total. The zero-order valence-electron chi connectivity index (χ0n) is 17.0. The van der Waals surface area contributed by atoms with Crippen molar-refractivity contribution >= 4 is 23.2 Å². The Labute approximate surface area is 175 Å². The summed E-state index contributed by atoms with van der Waals surface area (Å²) in [4.78, 5) is 21.7. The van der Waals surface area contributed by atoms with E-state index in [9.17, 15) is 4.79 Å². The standard InChI is InChI=1S/C22H24ClN5O/c1-13-5-8-16(9-18(13)23)28-19(14-6-7-14)17(12-26-28)20(29)27-15-10-24-21(25-11-15)22(2,3)4/h5,8-12,14H,6-7H2,1-4H3,(H,27,29). The molecule has 2 heterocycles. The molecular formula is C22H24ClN5O. The lowest BCUT2D eigenvalue weighted by Crippen LogP contribution is -2.18. The van der Waals surface area contributed by atoms with Crippen LogP contribution in [-0.2, 0) is 5.41 Å². The number of aryl methyl sites for hydroxylation is 1. The molecule has 1 aliphatic rings. The fraction of sp³-hybridized carbons (Fsp3) is 0.364. The third-order valence-corrected chi connectivity index (χ3v) is 5.40. The van der Waals surface area contributed by atoms with Crippen molar-refractivity contribution in [1.29, 1.82) is 0 Å². The van der Waals surface area contributed by atoms with Crippen LogP contribution in [0.3, 0.4) is 0 Å². The summed E-state index contributed by atoms with van der Waals surface area (Å²) in [7, 11) is 0. The van der Waals surface area contributed by atoms with Gasteiger partial charge < -0.3 is 5.32 Å².